The molecule has 28 heavy (non-hydrogen) atoms. The fourth-order valence-corrected chi connectivity index (χ4v) is 3.92. The molecule has 0 unspecified atom stereocenters. The van der Waals surface area contributed by atoms with E-state index in [1.165, 1.54) is 11.3 Å². The van der Waals surface area contributed by atoms with E-state index in [0.717, 1.165) is 22.6 Å². The molecule has 0 aliphatic carbocycles. The second kappa shape index (κ2) is 8.58. The van der Waals surface area contributed by atoms with Crippen LogP contribution in [0.1, 0.15) is 15.9 Å². The van der Waals surface area contributed by atoms with E-state index in [2.05, 4.69) is 0 Å². The Morgan fingerprint density at radius 3 is 2.25 bits per heavy atom. The number of carbonyl (C=O) groups excluding carboxylic acids is 1. The Labute approximate surface area is 169 Å². The summed E-state index contributed by atoms with van der Waals surface area (Å²) in [5.74, 6) is 1.31. The molecule has 0 fully saturated rings. The molecule has 0 atom stereocenters. The normalized spacial score (nSPS) is 11.1. The quantitative estimate of drug-likeness (QED) is 0.604. The van der Waals surface area contributed by atoms with Crippen LogP contribution in [0.15, 0.2) is 36.4 Å². The average molecular weight is 400 g/mol. The molecule has 1 heterocycles. The van der Waals surface area contributed by atoms with Gasteiger partial charge in [-0.25, -0.2) is 4.98 Å². The number of methoxy groups -OCH3 is 2. The van der Waals surface area contributed by atoms with Crippen molar-refractivity contribution in [2.24, 2.45) is 0 Å². The molecule has 7 heteroatoms. The van der Waals surface area contributed by atoms with Crippen molar-refractivity contribution in [1.29, 1.82) is 0 Å². The predicted molar refractivity (Wildman–Crippen MR) is 114 cm³/mol. The number of likely N-dealkylation sites (N-methyl/N-ethyl adjacent to an activating group) is 1. The van der Waals surface area contributed by atoms with Crippen LogP contribution in [0, 0.1) is 6.92 Å². The number of benzene rings is 2. The van der Waals surface area contributed by atoms with Crippen LogP contribution in [0.5, 0.6) is 11.5 Å². The van der Waals surface area contributed by atoms with Crippen molar-refractivity contribution in [2.75, 3.05) is 46.3 Å². The fraction of sp³-hybridized carbons (Fsp3) is 0.333. The Hall–Kier alpha value is -2.64. The summed E-state index contributed by atoms with van der Waals surface area (Å²) >= 11 is 1.43. The van der Waals surface area contributed by atoms with Crippen LogP contribution >= 0.6 is 11.3 Å². The van der Waals surface area contributed by atoms with Crippen LogP contribution in [0.3, 0.4) is 0 Å². The lowest BCUT2D eigenvalue weighted by atomic mass is 10.1. The van der Waals surface area contributed by atoms with Gasteiger partial charge in [0.05, 0.1) is 14.2 Å². The highest BCUT2D eigenvalue weighted by molar-refractivity contribution is 7.22. The van der Waals surface area contributed by atoms with E-state index >= 15 is 0 Å². The third-order valence-electron chi connectivity index (χ3n) is 4.44. The van der Waals surface area contributed by atoms with E-state index in [9.17, 15) is 4.79 Å². The fourth-order valence-electron chi connectivity index (χ4n) is 2.83. The zero-order valence-corrected chi connectivity index (χ0v) is 17.7. The van der Waals surface area contributed by atoms with Crippen LogP contribution in [0.4, 0.5) is 5.13 Å². The molecule has 0 aliphatic heterocycles. The molecule has 1 aromatic heterocycles. The highest BCUT2D eigenvalue weighted by atomic mass is 32.1. The van der Waals surface area contributed by atoms with Gasteiger partial charge in [-0.1, -0.05) is 29.0 Å². The Morgan fingerprint density at radius 2 is 1.64 bits per heavy atom. The van der Waals surface area contributed by atoms with E-state index in [4.69, 9.17) is 14.5 Å². The monoisotopic (exact) mass is 399 g/mol. The van der Waals surface area contributed by atoms with E-state index in [1.807, 2.05) is 62.3 Å². The van der Waals surface area contributed by atoms with Crippen molar-refractivity contribution in [2.45, 2.75) is 6.92 Å². The predicted octanol–water partition coefficient (Wildman–Crippen LogP) is 3.83. The minimum absolute atomic E-state index is 0.0705. The smallest absolute Gasteiger partial charge is 0.260 e. The Morgan fingerprint density at radius 1 is 1.00 bits per heavy atom. The molecule has 0 saturated carbocycles. The molecule has 6 nitrogen and oxygen atoms in total. The van der Waals surface area contributed by atoms with Crippen LogP contribution in [0.25, 0.3) is 10.2 Å². The number of rotatable bonds is 7. The second-order valence-corrected chi connectivity index (χ2v) is 7.75. The number of hydrogen-bond acceptors (Lipinski definition) is 6. The minimum Gasteiger partial charge on any atom is -0.495 e. The van der Waals surface area contributed by atoms with Crippen LogP contribution < -0.4 is 14.4 Å². The van der Waals surface area contributed by atoms with Gasteiger partial charge in [0.1, 0.15) is 21.7 Å². The molecule has 0 aliphatic rings. The molecular formula is C21H25N3O3S. The molecule has 0 N–H and O–H groups in total. The summed E-state index contributed by atoms with van der Waals surface area (Å²) in [5.41, 5.74) is 2.46. The first-order valence-corrected chi connectivity index (χ1v) is 9.81. The molecule has 0 saturated heterocycles. The van der Waals surface area contributed by atoms with Crippen LogP contribution in [-0.4, -0.2) is 57.2 Å². The van der Waals surface area contributed by atoms with Crippen molar-refractivity contribution in [3.05, 3.63) is 47.5 Å². The Kier molecular flexibility index (Phi) is 6.16. The molecule has 3 aromatic rings. The standard InChI is InChI=1S/C21H25N3O3S/c1-14-6-8-15(9-7-14)20(25)24(13-12-23(2)3)21-22-18-16(26-4)10-11-17(27-5)19(18)28-21/h6-11H,12-13H2,1-5H3. The Bertz CT molecular complexity index is 926. The van der Waals surface area contributed by atoms with Crippen molar-refractivity contribution in [3.63, 3.8) is 0 Å². The van der Waals surface area contributed by atoms with E-state index in [-0.39, 0.29) is 5.91 Å². The summed E-state index contributed by atoms with van der Waals surface area (Å²) in [7, 11) is 7.21. The number of hydrogen-bond donors (Lipinski definition) is 0. The molecule has 0 spiro atoms. The van der Waals surface area contributed by atoms with E-state index in [0.29, 0.717) is 28.5 Å². The maximum absolute atomic E-state index is 13.3. The molecule has 3 rings (SSSR count). The summed E-state index contributed by atoms with van der Waals surface area (Å²) in [6.45, 7) is 3.26. The van der Waals surface area contributed by atoms with Gasteiger partial charge in [-0.15, -0.1) is 0 Å². The van der Waals surface area contributed by atoms with Gasteiger partial charge < -0.3 is 14.4 Å². The van der Waals surface area contributed by atoms with Gasteiger partial charge in [0.2, 0.25) is 0 Å². The molecule has 148 valence electrons. The average Bonchev–Trinajstić information content (AvgIpc) is 3.12. The van der Waals surface area contributed by atoms with Crippen molar-refractivity contribution in [3.8, 4) is 11.5 Å². The zero-order chi connectivity index (χ0) is 20.3. The second-order valence-electron chi connectivity index (χ2n) is 6.77. The van der Waals surface area contributed by atoms with Gasteiger partial charge >= 0.3 is 0 Å². The zero-order valence-electron chi connectivity index (χ0n) is 16.9. The first-order chi connectivity index (χ1) is 13.4. The minimum atomic E-state index is -0.0705. The lowest BCUT2D eigenvalue weighted by molar-refractivity contribution is 0.0985. The van der Waals surface area contributed by atoms with E-state index in [1.54, 1.807) is 19.1 Å². The number of aromatic nitrogens is 1. The summed E-state index contributed by atoms with van der Waals surface area (Å²) in [4.78, 5) is 21.8. The third-order valence-corrected chi connectivity index (χ3v) is 5.54. The number of nitrogens with zero attached hydrogens (tertiary/aromatic N) is 3. The highest BCUT2D eigenvalue weighted by Gasteiger charge is 2.23. The summed E-state index contributed by atoms with van der Waals surface area (Å²) in [6.07, 6.45) is 0. The van der Waals surface area contributed by atoms with Crippen molar-refractivity contribution in [1.82, 2.24) is 9.88 Å². The first kappa shape index (κ1) is 20.1. The lowest BCUT2D eigenvalue weighted by Crippen LogP contribution is -2.36. The number of aryl methyl sites for hydroxylation is 1. The Balaban J connectivity index is 2.06. The molecule has 1 amide bonds. The SMILES string of the molecule is COc1ccc(OC)c2sc(N(CCN(C)C)C(=O)c3ccc(C)cc3)nc12. The van der Waals surface area contributed by atoms with Crippen LogP contribution in [-0.2, 0) is 0 Å². The number of thiazole rings is 1. The summed E-state index contributed by atoms with van der Waals surface area (Å²) in [5, 5.41) is 0.630. The van der Waals surface area contributed by atoms with Gasteiger partial charge in [0, 0.05) is 18.7 Å². The highest BCUT2D eigenvalue weighted by Crippen LogP contribution is 2.40. The molecule has 0 bridgehead atoms. The third kappa shape index (κ3) is 4.10. The maximum Gasteiger partial charge on any atom is 0.260 e. The maximum atomic E-state index is 13.3. The largest absolute Gasteiger partial charge is 0.495 e. The molecular weight excluding hydrogens is 374 g/mol. The number of amides is 1. The van der Waals surface area contributed by atoms with Gasteiger partial charge in [-0.3, -0.25) is 9.69 Å². The number of fused-ring (bicyclic) bond motifs is 1. The van der Waals surface area contributed by atoms with E-state index < -0.39 is 0 Å². The number of carbonyl (C=O) groups is 1. The molecule has 0 radical (unpaired) electrons. The summed E-state index contributed by atoms with van der Waals surface area (Å²) < 4.78 is 11.8. The lowest BCUT2D eigenvalue weighted by Gasteiger charge is -2.22. The van der Waals surface area contributed by atoms with Crippen LogP contribution in [0.2, 0.25) is 0 Å². The van der Waals surface area contributed by atoms with Gasteiger partial charge in [-0.05, 0) is 45.3 Å². The summed E-state index contributed by atoms with van der Waals surface area (Å²) in [6, 6.07) is 11.3. The van der Waals surface area contributed by atoms with Gasteiger partial charge in [-0.2, -0.15) is 0 Å². The number of anilines is 1. The first-order valence-electron chi connectivity index (χ1n) is 8.99. The number of ether oxygens (including phenoxy) is 2. The molecule has 2 aromatic carbocycles. The van der Waals surface area contributed by atoms with Crippen molar-refractivity contribution >= 4 is 32.6 Å². The van der Waals surface area contributed by atoms with Crippen molar-refractivity contribution < 1.29 is 14.3 Å². The van der Waals surface area contributed by atoms with Gasteiger partial charge in [0.25, 0.3) is 5.91 Å². The topological polar surface area (TPSA) is 54.9 Å². The van der Waals surface area contributed by atoms with Gasteiger partial charge in [0.15, 0.2) is 5.13 Å².